The van der Waals surface area contributed by atoms with Crippen molar-refractivity contribution in [2.24, 2.45) is 0 Å². The molecule has 0 spiro atoms. The lowest BCUT2D eigenvalue weighted by atomic mass is 10.0. The molecular formula is C32H40O7. The minimum absolute atomic E-state index is 0.203. The van der Waals surface area contributed by atoms with Gasteiger partial charge in [-0.1, -0.05) is 61.5 Å². The van der Waals surface area contributed by atoms with Crippen LogP contribution in [0.5, 0.6) is 11.5 Å². The van der Waals surface area contributed by atoms with Crippen molar-refractivity contribution in [2.45, 2.75) is 58.3 Å². The molecule has 0 aliphatic carbocycles. The number of hydrogen-bond acceptors (Lipinski definition) is 7. The summed E-state index contributed by atoms with van der Waals surface area (Å²) in [6.45, 7) is 4.68. The van der Waals surface area contributed by atoms with E-state index >= 15 is 0 Å². The van der Waals surface area contributed by atoms with Gasteiger partial charge in [0.15, 0.2) is 0 Å². The van der Waals surface area contributed by atoms with Crippen molar-refractivity contribution in [3.8, 4) is 11.5 Å². The molecule has 7 nitrogen and oxygen atoms in total. The van der Waals surface area contributed by atoms with Crippen molar-refractivity contribution >= 4 is 11.8 Å². The van der Waals surface area contributed by atoms with Gasteiger partial charge in [-0.2, -0.15) is 0 Å². The maximum absolute atomic E-state index is 11.6. The van der Waals surface area contributed by atoms with Crippen LogP contribution in [0.3, 0.4) is 0 Å². The summed E-state index contributed by atoms with van der Waals surface area (Å²) in [5, 5.41) is 9.17. The first-order valence-electron chi connectivity index (χ1n) is 13.2. The van der Waals surface area contributed by atoms with Gasteiger partial charge in [0.25, 0.3) is 0 Å². The molecule has 0 heterocycles. The Balaban J connectivity index is 0.000000293. The van der Waals surface area contributed by atoms with Gasteiger partial charge in [0.1, 0.15) is 23.9 Å². The Bertz CT molecular complexity index is 1100. The molecule has 0 amide bonds. The summed E-state index contributed by atoms with van der Waals surface area (Å²) >= 11 is 0. The summed E-state index contributed by atoms with van der Waals surface area (Å²) in [7, 11) is 3.18. The zero-order chi connectivity index (χ0) is 28.5. The third-order valence-corrected chi connectivity index (χ3v) is 5.93. The highest BCUT2D eigenvalue weighted by Gasteiger charge is 2.16. The summed E-state index contributed by atoms with van der Waals surface area (Å²) in [5.74, 6) is 0.952. The van der Waals surface area contributed by atoms with Crippen molar-refractivity contribution in [1.82, 2.24) is 0 Å². The highest BCUT2D eigenvalue weighted by atomic mass is 16.5. The molecule has 0 saturated heterocycles. The largest absolute Gasteiger partial charge is 0.508 e. The molecule has 0 bridgehead atoms. The summed E-state index contributed by atoms with van der Waals surface area (Å²) in [6.07, 6.45) is 1.55. The van der Waals surface area contributed by atoms with Crippen LogP contribution < -0.4 is 4.74 Å². The van der Waals surface area contributed by atoms with E-state index in [2.05, 4.69) is 0 Å². The van der Waals surface area contributed by atoms with Crippen LogP contribution in [0.15, 0.2) is 78.9 Å². The molecule has 0 aromatic heterocycles. The van der Waals surface area contributed by atoms with Crippen LogP contribution >= 0.6 is 0 Å². The van der Waals surface area contributed by atoms with Gasteiger partial charge >= 0.3 is 5.97 Å². The number of hydrogen-bond donors (Lipinski definition) is 1. The van der Waals surface area contributed by atoms with E-state index in [0.29, 0.717) is 26.1 Å². The number of carbonyl (C=O) groups excluding carboxylic acids is 2. The van der Waals surface area contributed by atoms with E-state index in [4.69, 9.17) is 24.1 Å². The molecule has 210 valence electrons. The topological polar surface area (TPSA) is 91.3 Å². The van der Waals surface area contributed by atoms with E-state index in [9.17, 15) is 9.59 Å². The summed E-state index contributed by atoms with van der Waals surface area (Å²) < 4.78 is 21.4. The molecule has 0 aliphatic heterocycles. The molecule has 3 aromatic rings. The van der Waals surface area contributed by atoms with Gasteiger partial charge in [-0.25, -0.2) is 0 Å². The third kappa shape index (κ3) is 11.7. The molecule has 2 unspecified atom stereocenters. The average Bonchev–Trinajstić information content (AvgIpc) is 2.95. The molecular weight excluding hydrogens is 496 g/mol. The Kier molecular flexibility index (Phi) is 14.4. The normalized spacial score (nSPS) is 12.0. The number of benzene rings is 3. The molecule has 1 N–H and O–H groups in total. The Morgan fingerprint density at radius 1 is 0.769 bits per heavy atom. The van der Waals surface area contributed by atoms with E-state index in [1.165, 1.54) is 0 Å². The number of ether oxygens (including phenoxy) is 4. The van der Waals surface area contributed by atoms with Gasteiger partial charge in [-0.3, -0.25) is 9.59 Å². The van der Waals surface area contributed by atoms with Gasteiger partial charge in [0.2, 0.25) is 0 Å². The van der Waals surface area contributed by atoms with Crippen molar-refractivity contribution in [2.75, 3.05) is 20.8 Å². The Morgan fingerprint density at radius 3 is 1.87 bits per heavy atom. The van der Waals surface area contributed by atoms with E-state index in [1.54, 1.807) is 45.4 Å². The number of carbonyl (C=O) groups is 2. The molecule has 3 rings (SSSR count). The first-order valence-corrected chi connectivity index (χ1v) is 13.2. The number of aromatic hydroxyl groups is 1. The highest BCUT2D eigenvalue weighted by molar-refractivity contribution is 5.79. The van der Waals surface area contributed by atoms with E-state index in [0.717, 1.165) is 28.9 Å². The maximum Gasteiger partial charge on any atom is 0.308 e. The minimum atomic E-state index is -0.308. The van der Waals surface area contributed by atoms with Crippen LogP contribution in [0.4, 0.5) is 0 Å². The van der Waals surface area contributed by atoms with Crippen LogP contribution in [0.2, 0.25) is 0 Å². The van der Waals surface area contributed by atoms with E-state index in [-0.39, 0.29) is 36.1 Å². The summed E-state index contributed by atoms with van der Waals surface area (Å²) in [6, 6.07) is 24.4. The summed E-state index contributed by atoms with van der Waals surface area (Å²) in [4.78, 5) is 23.1. The SMILES string of the molecule is CCCC(=O)CC(OC)c1ccc(O)cc1.CCOC(=O)CC(OC)c1ccc(OCc2ccccc2)cc1. The second kappa shape index (κ2) is 17.8. The number of Topliss-reactive ketones (excluding diaryl/α,β-unsaturated/α-hetero) is 1. The van der Waals surface area contributed by atoms with Crippen molar-refractivity contribution in [3.05, 3.63) is 95.6 Å². The van der Waals surface area contributed by atoms with E-state index in [1.807, 2.05) is 61.5 Å². The van der Waals surface area contributed by atoms with Gasteiger partial charge in [-0.15, -0.1) is 0 Å². The molecule has 7 heteroatoms. The maximum atomic E-state index is 11.6. The predicted octanol–water partition coefficient (Wildman–Crippen LogP) is 6.75. The molecule has 2 atom stereocenters. The predicted molar refractivity (Wildman–Crippen MR) is 151 cm³/mol. The highest BCUT2D eigenvalue weighted by Crippen LogP contribution is 2.25. The van der Waals surface area contributed by atoms with Gasteiger partial charge in [-0.05, 0) is 54.3 Å². The number of ketones is 1. The zero-order valence-corrected chi connectivity index (χ0v) is 23.3. The molecule has 0 saturated carbocycles. The third-order valence-electron chi connectivity index (χ3n) is 5.93. The van der Waals surface area contributed by atoms with Crippen LogP contribution in [0, 0.1) is 0 Å². The second-order valence-corrected chi connectivity index (χ2v) is 8.89. The van der Waals surface area contributed by atoms with Crippen LogP contribution in [-0.2, 0) is 30.4 Å². The average molecular weight is 537 g/mol. The number of phenolic OH excluding ortho intramolecular Hbond substituents is 1. The second-order valence-electron chi connectivity index (χ2n) is 8.89. The van der Waals surface area contributed by atoms with Gasteiger partial charge in [0.05, 0.1) is 25.2 Å². The number of rotatable bonds is 14. The number of esters is 1. The summed E-state index contributed by atoms with van der Waals surface area (Å²) in [5.41, 5.74) is 2.96. The zero-order valence-electron chi connectivity index (χ0n) is 23.3. The molecule has 0 radical (unpaired) electrons. The lowest BCUT2D eigenvalue weighted by Crippen LogP contribution is -2.11. The lowest BCUT2D eigenvalue weighted by molar-refractivity contribution is -0.146. The van der Waals surface area contributed by atoms with Crippen molar-refractivity contribution in [3.63, 3.8) is 0 Å². The standard InChI is InChI=1S/C19H22O4.C13H18O3/c1-3-22-19(20)13-18(21-2)16-9-11-17(12-10-16)23-14-15-7-5-4-6-8-15;1-3-4-12(15)9-13(16-2)10-5-7-11(14)8-6-10/h4-12,18H,3,13-14H2,1-2H3;5-8,13-14H,3-4,9H2,1-2H3. The smallest absolute Gasteiger partial charge is 0.308 e. The van der Waals surface area contributed by atoms with Crippen molar-refractivity contribution < 1.29 is 33.6 Å². The Hall–Kier alpha value is -3.68. The van der Waals surface area contributed by atoms with Crippen molar-refractivity contribution in [1.29, 1.82) is 0 Å². The fourth-order valence-electron chi connectivity index (χ4n) is 3.84. The van der Waals surface area contributed by atoms with Gasteiger partial charge < -0.3 is 24.1 Å². The first kappa shape index (κ1) is 31.5. The molecule has 39 heavy (non-hydrogen) atoms. The number of methoxy groups -OCH3 is 2. The molecule has 3 aromatic carbocycles. The van der Waals surface area contributed by atoms with Crippen LogP contribution in [-0.4, -0.2) is 37.7 Å². The number of phenols is 1. The van der Waals surface area contributed by atoms with Crippen LogP contribution in [0.25, 0.3) is 0 Å². The van der Waals surface area contributed by atoms with E-state index < -0.39 is 0 Å². The molecule has 0 aliphatic rings. The minimum Gasteiger partial charge on any atom is -0.508 e. The fourth-order valence-corrected chi connectivity index (χ4v) is 3.84. The fraction of sp³-hybridized carbons (Fsp3) is 0.375. The Morgan fingerprint density at radius 2 is 1.33 bits per heavy atom. The quantitative estimate of drug-likeness (QED) is 0.228. The lowest BCUT2D eigenvalue weighted by Gasteiger charge is -2.15. The Labute approximate surface area is 231 Å². The monoisotopic (exact) mass is 536 g/mol. The van der Waals surface area contributed by atoms with Gasteiger partial charge in [0, 0.05) is 27.1 Å². The molecule has 0 fully saturated rings. The first-order chi connectivity index (χ1) is 18.9. The van der Waals surface area contributed by atoms with Crippen LogP contribution in [0.1, 0.15) is 68.4 Å².